The highest BCUT2D eigenvalue weighted by atomic mass is 127. The first-order chi connectivity index (χ1) is 8.09. The summed E-state index contributed by atoms with van der Waals surface area (Å²) in [5.74, 6) is 0. The molecule has 0 unspecified atom stereocenters. The zero-order valence-electron chi connectivity index (χ0n) is 10.6. The third kappa shape index (κ3) is 3.91. The minimum absolute atomic E-state index is 0. The van der Waals surface area contributed by atoms with Crippen molar-refractivity contribution in [3.63, 3.8) is 0 Å². The molecule has 1 aliphatic rings. The molecule has 0 N–H and O–H groups in total. The summed E-state index contributed by atoms with van der Waals surface area (Å²) in [7, 11) is 2.30. The van der Waals surface area contributed by atoms with Gasteiger partial charge in [0.05, 0.1) is 31.6 Å². The molecule has 1 saturated heterocycles. The number of nitrogens with zero attached hydrogens (tertiary/aromatic N) is 2. The SMILES string of the molecule is C[N+]1(CCc2ccc([N+](=O)[O-])cc2)CCCC1.[I-]. The van der Waals surface area contributed by atoms with Gasteiger partial charge < -0.3 is 28.5 Å². The van der Waals surface area contributed by atoms with Gasteiger partial charge in [-0.2, -0.15) is 0 Å². The molecule has 100 valence electrons. The van der Waals surface area contributed by atoms with Crippen LogP contribution in [0.5, 0.6) is 0 Å². The number of benzene rings is 1. The van der Waals surface area contributed by atoms with Crippen LogP contribution in [0.1, 0.15) is 18.4 Å². The van der Waals surface area contributed by atoms with Crippen LogP contribution in [0.15, 0.2) is 24.3 Å². The van der Waals surface area contributed by atoms with Crippen molar-refractivity contribution in [1.29, 1.82) is 0 Å². The minimum atomic E-state index is -0.349. The molecule has 1 fully saturated rings. The molecule has 1 aromatic carbocycles. The Bertz CT molecular complexity index is 400. The maximum Gasteiger partial charge on any atom is 0.269 e. The average molecular weight is 362 g/mol. The van der Waals surface area contributed by atoms with E-state index in [2.05, 4.69) is 7.05 Å². The van der Waals surface area contributed by atoms with Gasteiger partial charge in [-0.15, -0.1) is 0 Å². The Labute approximate surface area is 125 Å². The molecule has 0 amide bonds. The van der Waals surface area contributed by atoms with Gasteiger partial charge in [-0.25, -0.2) is 0 Å². The molecule has 2 rings (SSSR count). The van der Waals surface area contributed by atoms with E-state index in [1.807, 2.05) is 12.1 Å². The first-order valence-electron chi connectivity index (χ1n) is 6.16. The molecular formula is C13H19IN2O2. The maximum absolute atomic E-state index is 10.5. The second kappa shape index (κ2) is 6.47. The van der Waals surface area contributed by atoms with Gasteiger partial charge >= 0.3 is 0 Å². The van der Waals surface area contributed by atoms with E-state index in [-0.39, 0.29) is 34.6 Å². The monoisotopic (exact) mass is 362 g/mol. The highest BCUT2D eigenvalue weighted by Gasteiger charge is 2.26. The molecule has 0 saturated carbocycles. The molecular weight excluding hydrogens is 343 g/mol. The Hall–Kier alpha value is -0.690. The topological polar surface area (TPSA) is 43.1 Å². The summed E-state index contributed by atoms with van der Waals surface area (Å²) >= 11 is 0. The molecule has 0 aliphatic carbocycles. The zero-order chi connectivity index (χ0) is 12.3. The number of halogens is 1. The predicted molar refractivity (Wildman–Crippen MR) is 66.8 cm³/mol. The van der Waals surface area contributed by atoms with Crippen LogP contribution in [0.3, 0.4) is 0 Å². The van der Waals surface area contributed by atoms with Crippen LogP contribution >= 0.6 is 0 Å². The lowest BCUT2D eigenvalue weighted by atomic mass is 10.1. The normalized spacial score (nSPS) is 17.2. The van der Waals surface area contributed by atoms with E-state index in [9.17, 15) is 10.1 Å². The fraction of sp³-hybridized carbons (Fsp3) is 0.538. The van der Waals surface area contributed by atoms with Gasteiger partial charge in [-0.3, -0.25) is 10.1 Å². The summed E-state index contributed by atoms with van der Waals surface area (Å²) in [5.41, 5.74) is 1.37. The van der Waals surface area contributed by atoms with Gasteiger partial charge in [0.15, 0.2) is 0 Å². The van der Waals surface area contributed by atoms with Gasteiger partial charge in [-0.1, -0.05) is 12.1 Å². The van der Waals surface area contributed by atoms with Crippen molar-refractivity contribution >= 4 is 5.69 Å². The zero-order valence-corrected chi connectivity index (χ0v) is 12.8. The Morgan fingerprint density at radius 3 is 2.28 bits per heavy atom. The number of nitro benzene ring substituents is 1. The maximum atomic E-state index is 10.5. The molecule has 0 aromatic heterocycles. The predicted octanol–water partition coefficient (Wildman–Crippen LogP) is -0.618. The van der Waals surface area contributed by atoms with E-state index in [1.165, 1.54) is 31.5 Å². The van der Waals surface area contributed by atoms with Crippen LogP contribution in [0.25, 0.3) is 0 Å². The van der Waals surface area contributed by atoms with Gasteiger partial charge in [0.25, 0.3) is 5.69 Å². The second-order valence-corrected chi connectivity index (χ2v) is 5.17. The molecule has 0 spiro atoms. The third-order valence-corrected chi connectivity index (χ3v) is 3.73. The van der Waals surface area contributed by atoms with E-state index in [0.717, 1.165) is 17.4 Å². The summed E-state index contributed by atoms with van der Waals surface area (Å²) < 4.78 is 1.15. The number of hydrogen-bond acceptors (Lipinski definition) is 2. The van der Waals surface area contributed by atoms with Crippen molar-refractivity contribution in [1.82, 2.24) is 0 Å². The summed E-state index contributed by atoms with van der Waals surface area (Å²) in [6, 6.07) is 6.94. The van der Waals surface area contributed by atoms with Crippen LogP contribution in [0.2, 0.25) is 0 Å². The van der Waals surface area contributed by atoms with Crippen LogP contribution in [-0.4, -0.2) is 36.1 Å². The standard InChI is InChI=1S/C13H19N2O2.HI/c1-15(9-2-3-10-15)11-8-12-4-6-13(7-5-12)14(16)17;/h4-7H,2-3,8-11H2,1H3;1H/q+1;/p-1. The molecule has 1 heterocycles. The molecule has 0 atom stereocenters. The van der Waals surface area contributed by atoms with Gasteiger partial charge in [0.1, 0.15) is 0 Å². The van der Waals surface area contributed by atoms with Crippen molar-refractivity contribution < 1.29 is 33.4 Å². The van der Waals surface area contributed by atoms with Crippen LogP contribution in [-0.2, 0) is 6.42 Å². The van der Waals surface area contributed by atoms with Gasteiger partial charge in [0.2, 0.25) is 0 Å². The Morgan fingerprint density at radius 2 is 1.78 bits per heavy atom. The van der Waals surface area contributed by atoms with E-state index in [0.29, 0.717) is 0 Å². The summed E-state index contributed by atoms with van der Waals surface area (Å²) in [4.78, 5) is 10.2. The minimum Gasteiger partial charge on any atom is -1.00 e. The molecule has 4 nitrogen and oxygen atoms in total. The summed E-state index contributed by atoms with van der Waals surface area (Å²) in [6.07, 6.45) is 3.67. The molecule has 1 aliphatic heterocycles. The fourth-order valence-corrected chi connectivity index (χ4v) is 2.51. The van der Waals surface area contributed by atoms with Crippen LogP contribution < -0.4 is 24.0 Å². The van der Waals surface area contributed by atoms with Crippen molar-refractivity contribution in [3.05, 3.63) is 39.9 Å². The third-order valence-electron chi connectivity index (χ3n) is 3.73. The molecule has 5 heteroatoms. The van der Waals surface area contributed by atoms with Crippen LogP contribution in [0, 0.1) is 10.1 Å². The molecule has 18 heavy (non-hydrogen) atoms. The summed E-state index contributed by atoms with van der Waals surface area (Å²) in [5, 5.41) is 10.5. The first-order valence-corrected chi connectivity index (χ1v) is 6.16. The van der Waals surface area contributed by atoms with Gasteiger partial charge in [0, 0.05) is 31.4 Å². The number of rotatable bonds is 4. The summed E-state index contributed by atoms with van der Waals surface area (Å²) in [6.45, 7) is 3.68. The fourth-order valence-electron chi connectivity index (χ4n) is 2.51. The number of non-ortho nitro benzene ring substituents is 1. The van der Waals surface area contributed by atoms with E-state index >= 15 is 0 Å². The Balaban J connectivity index is 0.00000162. The smallest absolute Gasteiger partial charge is 0.269 e. The van der Waals surface area contributed by atoms with Gasteiger partial charge in [-0.05, 0) is 5.56 Å². The second-order valence-electron chi connectivity index (χ2n) is 5.17. The highest BCUT2D eigenvalue weighted by molar-refractivity contribution is 5.32. The Morgan fingerprint density at radius 1 is 1.22 bits per heavy atom. The lowest BCUT2D eigenvalue weighted by Crippen LogP contribution is -3.00. The largest absolute Gasteiger partial charge is 1.00 e. The van der Waals surface area contributed by atoms with Crippen LogP contribution in [0.4, 0.5) is 5.69 Å². The number of hydrogen-bond donors (Lipinski definition) is 0. The number of quaternary nitrogens is 1. The van der Waals surface area contributed by atoms with E-state index in [4.69, 9.17) is 0 Å². The lowest BCUT2D eigenvalue weighted by Gasteiger charge is -2.29. The van der Waals surface area contributed by atoms with E-state index < -0.39 is 0 Å². The Kier molecular flexibility index (Phi) is 5.52. The molecule has 0 radical (unpaired) electrons. The van der Waals surface area contributed by atoms with Crippen molar-refractivity contribution in [3.8, 4) is 0 Å². The van der Waals surface area contributed by atoms with Crippen molar-refractivity contribution in [2.75, 3.05) is 26.7 Å². The van der Waals surface area contributed by atoms with Crippen molar-refractivity contribution in [2.45, 2.75) is 19.3 Å². The number of likely N-dealkylation sites (N-methyl/N-ethyl adjacent to an activating group) is 1. The van der Waals surface area contributed by atoms with Crippen molar-refractivity contribution in [2.24, 2.45) is 0 Å². The quantitative estimate of drug-likeness (QED) is 0.310. The van der Waals surface area contributed by atoms with E-state index in [1.54, 1.807) is 12.1 Å². The first kappa shape index (κ1) is 15.4. The lowest BCUT2D eigenvalue weighted by molar-refractivity contribution is -0.897. The number of nitro groups is 1. The average Bonchev–Trinajstić information content (AvgIpc) is 2.75. The number of likely N-dealkylation sites (tertiary alicyclic amines) is 1. The highest BCUT2D eigenvalue weighted by Crippen LogP contribution is 2.18. The molecule has 1 aromatic rings. The molecule has 0 bridgehead atoms.